The Kier molecular flexibility index (Phi) is 5.00. The van der Waals surface area contributed by atoms with Gasteiger partial charge in [0.2, 0.25) is 5.75 Å². The molecule has 0 fully saturated rings. The number of nitrogens with one attached hydrogen (secondary N) is 1. The first-order valence-electron chi connectivity index (χ1n) is 10.6. The van der Waals surface area contributed by atoms with E-state index in [2.05, 4.69) is 5.32 Å². The van der Waals surface area contributed by atoms with Gasteiger partial charge in [-0.05, 0) is 43.7 Å². The number of benzene rings is 2. The molecule has 1 atom stereocenters. The first-order valence-corrected chi connectivity index (χ1v) is 10.6. The van der Waals surface area contributed by atoms with Gasteiger partial charge in [-0.15, -0.1) is 0 Å². The Balaban J connectivity index is 1.75. The number of carbonyl (C=O) groups excluding carboxylic acids is 1. The van der Waals surface area contributed by atoms with Gasteiger partial charge in [-0.3, -0.25) is 0 Å². The molecule has 3 aromatic rings. The number of aryl methyl sites for hydroxylation is 2. The van der Waals surface area contributed by atoms with Crippen LogP contribution in [0.2, 0.25) is 0 Å². The van der Waals surface area contributed by atoms with Crippen molar-refractivity contribution in [2.75, 3.05) is 33.3 Å². The third kappa shape index (κ3) is 3.21. The molecular weight excluding hydrogens is 422 g/mol. The van der Waals surface area contributed by atoms with E-state index in [1.165, 1.54) is 5.56 Å². The third-order valence-electron chi connectivity index (χ3n) is 6.14. The van der Waals surface area contributed by atoms with Crippen LogP contribution in [-0.2, 0) is 9.53 Å². The van der Waals surface area contributed by atoms with Gasteiger partial charge in [0.15, 0.2) is 11.5 Å². The number of fused-ring (bicyclic) bond motifs is 1. The maximum atomic E-state index is 12.8. The molecular formula is C25H25N3O5. The van der Waals surface area contributed by atoms with Crippen molar-refractivity contribution < 1.29 is 23.7 Å². The summed E-state index contributed by atoms with van der Waals surface area (Å²) in [6.45, 7) is 4.18. The lowest BCUT2D eigenvalue weighted by molar-refractivity contribution is -0.136. The fraction of sp³-hybridized carbons (Fsp3) is 0.280. The summed E-state index contributed by atoms with van der Waals surface area (Å²) in [5, 5.41) is 8.25. The van der Waals surface area contributed by atoms with Crippen molar-refractivity contribution in [3.63, 3.8) is 0 Å². The lowest BCUT2D eigenvalue weighted by Crippen LogP contribution is -2.21. The molecule has 2 aliphatic heterocycles. The highest BCUT2D eigenvalue weighted by Gasteiger charge is 2.42. The molecule has 0 radical (unpaired) electrons. The quantitative estimate of drug-likeness (QED) is 0.594. The summed E-state index contributed by atoms with van der Waals surface area (Å²) in [4.78, 5) is 12.8. The smallest absolute Gasteiger partial charge is 0.337 e. The van der Waals surface area contributed by atoms with Crippen LogP contribution in [0.1, 0.15) is 28.3 Å². The fourth-order valence-electron chi connectivity index (χ4n) is 4.58. The zero-order valence-corrected chi connectivity index (χ0v) is 19.2. The van der Waals surface area contributed by atoms with Crippen LogP contribution in [0.4, 0.5) is 5.82 Å². The second kappa shape index (κ2) is 7.88. The van der Waals surface area contributed by atoms with Crippen molar-refractivity contribution in [2.45, 2.75) is 19.8 Å². The molecule has 0 aliphatic carbocycles. The number of nitrogens with zero attached hydrogens (tertiary/aromatic N) is 2. The van der Waals surface area contributed by atoms with Crippen LogP contribution in [0.3, 0.4) is 0 Å². The lowest BCUT2D eigenvalue weighted by atomic mass is 9.81. The van der Waals surface area contributed by atoms with Gasteiger partial charge in [0, 0.05) is 11.5 Å². The summed E-state index contributed by atoms with van der Waals surface area (Å²) in [5.41, 5.74) is 5.94. The van der Waals surface area contributed by atoms with Gasteiger partial charge in [-0.25, -0.2) is 9.48 Å². The number of anilines is 1. The van der Waals surface area contributed by atoms with Gasteiger partial charge in [-0.1, -0.05) is 17.7 Å². The van der Waals surface area contributed by atoms with E-state index in [0.29, 0.717) is 22.8 Å². The molecule has 0 amide bonds. The maximum Gasteiger partial charge on any atom is 0.337 e. The minimum Gasteiger partial charge on any atom is -0.493 e. The van der Waals surface area contributed by atoms with Gasteiger partial charge in [-0.2, -0.15) is 5.10 Å². The van der Waals surface area contributed by atoms with E-state index in [-0.39, 0.29) is 12.6 Å². The molecule has 3 heterocycles. The molecule has 33 heavy (non-hydrogen) atoms. The minimum atomic E-state index is -0.404. The summed E-state index contributed by atoms with van der Waals surface area (Å²) in [6, 6.07) is 11.9. The predicted octanol–water partition coefficient (Wildman–Crippen LogP) is 3.88. The summed E-state index contributed by atoms with van der Waals surface area (Å²) in [5.74, 6) is 1.59. The average Bonchev–Trinajstić information content (AvgIpc) is 3.37. The number of hydrogen-bond donors (Lipinski definition) is 1. The number of cyclic esters (lactones) is 1. The highest BCUT2D eigenvalue weighted by atomic mass is 16.5. The Morgan fingerprint density at radius 2 is 1.70 bits per heavy atom. The molecule has 0 spiro atoms. The molecule has 2 aliphatic rings. The molecule has 2 aromatic carbocycles. The van der Waals surface area contributed by atoms with Crippen molar-refractivity contribution in [3.05, 3.63) is 70.1 Å². The van der Waals surface area contributed by atoms with Crippen LogP contribution < -0.4 is 19.5 Å². The molecule has 170 valence electrons. The molecule has 1 N–H and O–H groups in total. The van der Waals surface area contributed by atoms with E-state index in [9.17, 15) is 4.79 Å². The first-order chi connectivity index (χ1) is 16.0. The Labute approximate surface area is 191 Å². The molecule has 1 aromatic heterocycles. The molecule has 0 unspecified atom stereocenters. The van der Waals surface area contributed by atoms with Gasteiger partial charge >= 0.3 is 5.97 Å². The maximum absolute atomic E-state index is 12.8. The van der Waals surface area contributed by atoms with Gasteiger partial charge < -0.3 is 24.3 Å². The summed E-state index contributed by atoms with van der Waals surface area (Å²) in [6.07, 6.45) is 0. The fourth-order valence-corrected chi connectivity index (χ4v) is 4.58. The van der Waals surface area contributed by atoms with Crippen molar-refractivity contribution in [2.24, 2.45) is 0 Å². The van der Waals surface area contributed by atoms with E-state index in [1.54, 1.807) is 21.3 Å². The van der Waals surface area contributed by atoms with Crippen molar-refractivity contribution in [1.29, 1.82) is 0 Å². The number of ether oxygens (including phenoxy) is 4. The van der Waals surface area contributed by atoms with Crippen LogP contribution in [0.5, 0.6) is 17.2 Å². The van der Waals surface area contributed by atoms with Crippen LogP contribution in [0, 0.1) is 13.8 Å². The van der Waals surface area contributed by atoms with E-state index in [1.807, 2.05) is 54.9 Å². The summed E-state index contributed by atoms with van der Waals surface area (Å²) >= 11 is 0. The monoisotopic (exact) mass is 447 g/mol. The SMILES string of the molecule is COc1cc([C@H]2C3=C(COC3=O)Nc3c2c(C)nn3-c2ccc(C)cc2)cc(OC)c1OC. The molecule has 0 saturated heterocycles. The molecule has 0 saturated carbocycles. The standard InChI is InChI=1S/C25H25N3O5/c1-13-6-8-16(9-7-13)28-24-20(14(2)27-28)21(22-17(26-24)12-33-25(22)29)15-10-18(30-3)23(32-5)19(11-15)31-4/h6-11,21,26H,12H2,1-5H3/t21-/m1/s1. The summed E-state index contributed by atoms with van der Waals surface area (Å²) in [7, 11) is 4.71. The van der Waals surface area contributed by atoms with E-state index in [0.717, 1.165) is 34.0 Å². The van der Waals surface area contributed by atoms with Crippen LogP contribution in [0.25, 0.3) is 5.69 Å². The number of rotatable bonds is 5. The van der Waals surface area contributed by atoms with Crippen molar-refractivity contribution in [1.82, 2.24) is 9.78 Å². The Morgan fingerprint density at radius 3 is 2.30 bits per heavy atom. The lowest BCUT2D eigenvalue weighted by Gasteiger charge is -2.26. The number of carbonyl (C=O) groups is 1. The highest BCUT2D eigenvalue weighted by Crippen LogP contribution is 2.49. The second-order valence-electron chi connectivity index (χ2n) is 8.08. The summed E-state index contributed by atoms with van der Waals surface area (Å²) < 4.78 is 23.9. The van der Waals surface area contributed by atoms with Crippen molar-refractivity contribution >= 4 is 11.8 Å². The normalized spacial score (nSPS) is 16.6. The van der Waals surface area contributed by atoms with Gasteiger partial charge in [0.25, 0.3) is 0 Å². The van der Waals surface area contributed by atoms with E-state index >= 15 is 0 Å². The largest absolute Gasteiger partial charge is 0.493 e. The van der Waals surface area contributed by atoms with Gasteiger partial charge in [0.05, 0.1) is 44.0 Å². The van der Waals surface area contributed by atoms with E-state index in [4.69, 9.17) is 24.0 Å². The molecule has 5 rings (SSSR count). The van der Waals surface area contributed by atoms with E-state index < -0.39 is 5.92 Å². The Hall–Kier alpha value is -3.94. The zero-order chi connectivity index (χ0) is 23.3. The second-order valence-corrected chi connectivity index (χ2v) is 8.08. The van der Waals surface area contributed by atoms with Crippen molar-refractivity contribution in [3.8, 4) is 22.9 Å². The number of methoxy groups -OCH3 is 3. The number of esters is 1. The Bertz CT molecular complexity index is 1270. The predicted molar refractivity (Wildman–Crippen MR) is 123 cm³/mol. The number of hydrogen-bond acceptors (Lipinski definition) is 7. The highest BCUT2D eigenvalue weighted by molar-refractivity contribution is 5.97. The van der Waals surface area contributed by atoms with Crippen LogP contribution in [-0.4, -0.2) is 43.7 Å². The van der Waals surface area contributed by atoms with Crippen LogP contribution in [0.15, 0.2) is 47.7 Å². The minimum absolute atomic E-state index is 0.187. The molecule has 0 bridgehead atoms. The topological polar surface area (TPSA) is 83.8 Å². The zero-order valence-electron chi connectivity index (χ0n) is 19.2. The first kappa shape index (κ1) is 20.9. The third-order valence-corrected chi connectivity index (χ3v) is 6.14. The average molecular weight is 447 g/mol. The Morgan fingerprint density at radius 1 is 1.03 bits per heavy atom. The van der Waals surface area contributed by atoms with Crippen LogP contribution >= 0.6 is 0 Å². The molecule has 8 nitrogen and oxygen atoms in total. The molecule has 8 heteroatoms. The number of aromatic nitrogens is 2. The van der Waals surface area contributed by atoms with Gasteiger partial charge in [0.1, 0.15) is 12.4 Å².